The van der Waals surface area contributed by atoms with E-state index in [0.717, 1.165) is 0 Å². The van der Waals surface area contributed by atoms with Crippen molar-refractivity contribution in [3.8, 4) is 5.75 Å². The molecule has 0 bridgehead atoms. The minimum atomic E-state index is -2.29. The molecule has 2 aromatic rings. The number of carboxylic acids is 1. The minimum absolute atomic E-state index is 0.0189. The van der Waals surface area contributed by atoms with E-state index in [1.54, 1.807) is 0 Å². The number of aliphatic carboxylic acids is 1. The van der Waals surface area contributed by atoms with Gasteiger partial charge >= 0.3 is 5.97 Å². The van der Waals surface area contributed by atoms with E-state index in [9.17, 15) is 31.5 Å². The Morgan fingerprint density at radius 3 is 1.89 bits per heavy atom. The molecule has 2 rings (SSSR count). The van der Waals surface area contributed by atoms with Crippen LogP contribution in [0.3, 0.4) is 0 Å². The summed E-state index contributed by atoms with van der Waals surface area (Å²) >= 11 is 0. The molecule has 2 aromatic carbocycles. The van der Waals surface area contributed by atoms with Crippen molar-refractivity contribution in [3.63, 3.8) is 0 Å². The van der Waals surface area contributed by atoms with E-state index >= 15 is 0 Å². The second-order valence-electron chi connectivity index (χ2n) is 5.30. The highest BCUT2D eigenvalue weighted by Crippen LogP contribution is 2.24. The first kappa shape index (κ1) is 20.1. The lowest BCUT2D eigenvalue weighted by atomic mass is 10.1. The Bertz CT molecular complexity index is 893. The van der Waals surface area contributed by atoms with Crippen LogP contribution in [0.2, 0.25) is 0 Å². The van der Waals surface area contributed by atoms with Crippen LogP contribution in [0.15, 0.2) is 30.3 Å². The van der Waals surface area contributed by atoms with Gasteiger partial charge in [-0.25, -0.2) is 26.7 Å². The third-order valence-corrected chi connectivity index (χ3v) is 3.44. The molecule has 1 N–H and O–H groups in total. The zero-order valence-corrected chi connectivity index (χ0v) is 13.6. The van der Waals surface area contributed by atoms with Crippen LogP contribution in [0.1, 0.15) is 22.8 Å². The van der Waals surface area contributed by atoms with Gasteiger partial charge in [-0.1, -0.05) is 0 Å². The smallest absolute Gasteiger partial charge is 0.344 e. The largest absolute Gasteiger partial charge is 0.479 e. The number of ether oxygens (including phenoxy) is 1. The van der Waals surface area contributed by atoms with Crippen molar-refractivity contribution < 1.29 is 41.4 Å². The van der Waals surface area contributed by atoms with Crippen molar-refractivity contribution in [2.24, 2.45) is 0 Å². The molecule has 0 aliphatic rings. The van der Waals surface area contributed by atoms with Gasteiger partial charge in [0.05, 0.1) is 5.56 Å². The average Bonchev–Trinajstić information content (AvgIpc) is 2.65. The lowest BCUT2D eigenvalue weighted by Gasteiger charge is -2.10. The molecule has 1 atom stereocenters. The van der Waals surface area contributed by atoms with E-state index in [1.807, 2.05) is 0 Å². The van der Waals surface area contributed by atoms with E-state index in [1.165, 1.54) is 31.2 Å². The normalized spacial score (nSPS) is 12.2. The van der Waals surface area contributed by atoms with Crippen LogP contribution in [0.25, 0.3) is 6.08 Å². The van der Waals surface area contributed by atoms with Crippen LogP contribution < -0.4 is 4.74 Å². The Hall–Kier alpha value is -3.23. The second-order valence-corrected chi connectivity index (χ2v) is 5.30. The summed E-state index contributed by atoms with van der Waals surface area (Å²) in [7, 11) is 0. The molecular weight excluding hydrogens is 375 g/mol. The Balaban J connectivity index is 2.22. The van der Waals surface area contributed by atoms with Crippen LogP contribution in [-0.4, -0.2) is 23.0 Å². The molecule has 0 saturated heterocycles. The molecule has 0 spiro atoms. The topological polar surface area (TPSA) is 63.6 Å². The van der Waals surface area contributed by atoms with Gasteiger partial charge < -0.3 is 9.84 Å². The maximum atomic E-state index is 13.5. The monoisotopic (exact) mass is 386 g/mol. The van der Waals surface area contributed by atoms with E-state index in [4.69, 9.17) is 9.84 Å². The Labute approximate surface area is 149 Å². The molecule has 0 aliphatic carbocycles. The molecule has 142 valence electrons. The summed E-state index contributed by atoms with van der Waals surface area (Å²) in [5.74, 6) is -12.4. The molecular formula is C18H11F5O4. The lowest BCUT2D eigenvalue weighted by molar-refractivity contribution is -0.144. The van der Waals surface area contributed by atoms with Gasteiger partial charge in [-0.3, -0.25) is 4.79 Å². The summed E-state index contributed by atoms with van der Waals surface area (Å²) in [6.45, 7) is 1.30. The molecule has 0 saturated carbocycles. The number of benzene rings is 2. The zero-order valence-electron chi connectivity index (χ0n) is 13.6. The fourth-order valence-corrected chi connectivity index (χ4v) is 1.98. The Morgan fingerprint density at radius 2 is 1.41 bits per heavy atom. The molecule has 0 aliphatic heterocycles. The second kappa shape index (κ2) is 7.98. The quantitative estimate of drug-likeness (QED) is 0.267. The molecule has 9 heteroatoms. The van der Waals surface area contributed by atoms with Gasteiger partial charge in [-0.05, 0) is 43.3 Å². The summed E-state index contributed by atoms with van der Waals surface area (Å²) in [5, 5.41) is 8.74. The number of rotatable bonds is 6. The molecule has 0 fully saturated rings. The number of allylic oxidation sites excluding steroid dienone is 1. The number of ketones is 1. The van der Waals surface area contributed by atoms with Crippen LogP contribution in [0.4, 0.5) is 22.0 Å². The standard InChI is InChI=1S/C18H11F5O4/c1-8(18(25)26)27-10-4-2-9(3-5-10)12(24)7-6-11-13(19)15(21)17(23)16(22)14(11)20/h2-8H,1H3,(H,25,26)/b7-6+. The summed E-state index contributed by atoms with van der Waals surface area (Å²) in [5.41, 5.74) is -1.22. The number of hydrogen-bond donors (Lipinski definition) is 1. The predicted molar refractivity (Wildman–Crippen MR) is 83.8 cm³/mol. The number of hydrogen-bond acceptors (Lipinski definition) is 3. The molecule has 0 heterocycles. The number of carboxylic acid groups (broad SMARTS) is 1. The first-order valence-electron chi connectivity index (χ1n) is 7.36. The number of carbonyl (C=O) groups is 2. The predicted octanol–water partition coefficient (Wildman–Crippen LogP) is 4.13. The van der Waals surface area contributed by atoms with Crippen LogP contribution in [0, 0.1) is 29.1 Å². The summed E-state index contributed by atoms with van der Waals surface area (Å²) in [6.07, 6.45) is 0.00412. The molecule has 1 unspecified atom stereocenters. The molecule has 0 aromatic heterocycles. The Morgan fingerprint density at radius 1 is 0.926 bits per heavy atom. The van der Waals surface area contributed by atoms with Crippen molar-refractivity contribution in [2.75, 3.05) is 0 Å². The van der Waals surface area contributed by atoms with Gasteiger partial charge in [-0.2, -0.15) is 0 Å². The highest BCUT2D eigenvalue weighted by atomic mass is 19.2. The van der Waals surface area contributed by atoms with Crippen LogP contribution >= 0.6 is 0 Å². The van der Waals surface area contributed by atoms with Crippen LogP contribution in [-0.2, 0) is 4.79 Å². The highest BCUT2D eigenvalue weighted by molar-refractivity contribution is 6.06. The van der Waals surface area contributed by atoms with Crippen molar-refractivity contribution in [1.29, 1.82) is 0 Å². The fraction of sp³-hybridized carbons (Fsp3) is 0.111. The third kappa shape index (κ3) is 4.30. The molecule has 0 radical (unpaired) electrons. The average molecular weight is 386 g/mol. The van der Waals surface area contributed by atoms with Crippen LogP contribution in [0.5, 0.6) is 5.75 Å². The highest BCUT2D eigenvalue weighted by Gasteiger charge is 2.24. The molecule has 4 nitrogen and oxygen atoms in total. The Kier molecular flexibility index (Phi) is 5.94. The number of carbonyl (C=O) groups excluding carboxylic acids is 1. The SMILES string of the molecule is CC(Oc1ccc(C(=O)/C=C/c2c(F)c(F)c(F)c(F)c2F)cc1)C(=O)O. The third-order valence-electron chi connectivity index (χ3n) is 3.44. The summed E-state index contributed by atoms with van der Waals surface area (Å²) in [6, 6.07) is 5.07. The maximum Gasteiger partial charge on any atom is 0.344 e. The minimum Gasteiger partial charge on any atom is -0.479 e. The van der Waals surface area contributed by atoms with Gasteiger partial charge in [0.1, 0.15) is 5.75 Å². The van der Waals surface area contributed by atoms with Crippen molar-refractivity contribution in [2.45, 2.75) is 13.0 Å². The van der Waals surface area contributed by atoms with Gasteiger partial charge in [0.25, 0.3) is 0 Å². The van der Waals surface area contributed by atoms with Crippen molar-refractivity contribution >= 4 is 17.8 Å². The number of halogens is 5. The molecule has 0 amide bonds. The van der Waals surface area contributed by atoms with Gasteiger partial charge in [0.15, 0.2) is 35.2 Å². The van der Waals surface area contributed by atoms with Gasteiger partial charge in [0, 0.05) is 5.56 Å². The van der Waals surface area contributed by atoms with E-state index in [0.29, 0.717) is 12.2 Å². The zero-order chi connectivity index (χ0) is 20.3. The van der Waals surface area contributed by atoms with Gasteiger partial charge in [-0.15, -0.1) is 0 Å². The van der Waals surface area contributed by atoms with E-state index < -0.39 is 52.5 Å². The fourth-order valence-electron chi connectivity index (χ4n) is 1.98. The summed E-state index contributed by atoms with van der Waals surface area (Å²) in [4.78, 5) is 22.7. The van der Waals surface area contributed by atoms with E-state index in [-0.39, 0.29) is 11.3 Å². The lowest BCUT2D eigenvalue weighted by Crippen LogP contribution is -2.22. The molecule has 27 heavy (non-hydrogen) atoms. The summed E-state index contributed by atoms with van der Waals surface area (Å²) < 4.78 is 71.4. The van der Waals surface area contributed by atoms with Crippen molar-refractivity contribution in [1.82, 2.24) is 0 Å². The maximum absolute atomic E-state index is 13.5. The first-order chi connectivity index (χ1) is 12.6. The first-order valence-corrected chi connectivity index (χ1v) is 7.36. The van der Waals surface area contributed by atoms with Crippen molar-refractivity contribution in [3.05, 3.63) is 70.6 Å². The van der Waals surface area contributed by atoms with E-state index in [2.05, 4.69) is 0 Å². The van der Waals surface area contributed by atoms with Gasteiger partial charge in [0.2, 0.25) is 5.82 Å².